The van der Waals surface area contributed by atoms with E-state index in [4.69, 9.17) is 0 Å². The van der Waals surface area contributed by atoms with E-state index in [1.807, 2.05) is 23.1 Å². The minimum Gasteiger partial charge on any atom is -0.354 e. The average Bonchev–Trinajstić information content (AvgIpc) is 2.70. The third-order valence-corrected chi connectivity index (χ3v) is 4.39. The molecule has 1 aromatic heterocycles. The van der Waals surface area contributed by atoms with Gasteiger partial charge in [0.05, 0.1) is 0 Å². The summed E-state index contributed by atoms with van der Waals surface area (Å²) < 4.78 is 0. The van der Waals surface area contributed by atoms with Crippen LogP contribution in [0.5, 0.6) is 0 Å². The molecular formula is C20H25N5O. The number of piperazine rings is 1. The van der Waals surface area contributed by atoms with Gasteiger partial charge in [-0.1, -0.05) is 42.5 Å². The molecular weight excluding hydrogens is 326 g/mol. The highest BCUT2D eigenvalue weighted by molar-refractivity contribution is 5.76. The minimum absolute atomic E-state index is 0.188. The Bertz CT molecular complexity index is 697. The van der Waals surface area contributed by atoms with Crippen LogP contribution in [0, 0.1) is 0 Å². The van der Waals surface area contributed by atoms with Crippen molar-refractivity contribution in [1.29, 1.82) is 0 Å². The van der Waals surface area contributed by atoms with Crippen LogP contribution in [0.1, 0.15) is 12.0 Å². The van der Waals surface area contributed by atoms with Crippen molar-refractivity contribution in [1.82, 2.24) is 19.8 Å². The molecule has 0 spiro atoms. The summed E-state index contributed by atoms with van der Waals surface area (Å²) in [6.45, 7) is 4.90. The first-order valence-corrected chi connectivity index (χ1v) is 9.04. The van der Waals surface area contributed by atoms with Gasteiger partial charge in [0.25, 0.3) is 0 Å². The molecule has 1 fully saturated rings. The van der Waals surface area contributed by atoms with E-state index in [-0.39, 0.29) is 5.91 Å². The Morgan fingerprint density at radius 1 is 1.04 bits per heavy atom. The molecule has 0 saturated carbocycles. The number of hydrogen-bond donors (Lipinski definition) is 1. The second-order valence-corrected chi connectivity index (χ2v) is 6.24. The summed E-state index contributed by atoms with van der Waals surface area (Å²) in [4.78, 5) is 24.8. The van der Waals surface area contributed by atoms with Crippen LogP contribution >= 0.6 is 0 Å². The molecule has 1 amide bonds. The lowest BCUT2D eigenvalue weighted by Gasteiger charge is -2.34. The van der Waals surface area contributed by atoms with Gasteiger partial charge in [0.15, 0.2) is 0 Å². The first-order chi connectivity index (χ1) is 12.8. The summed E-state index contributed by atoms with van der Waals surface area (Å²) in [6, 6.07) is 12.1. The molecule has 1 saturated heterocycles. The zero-order valence-electron chi connectivity index (χ0n) is 14.9. The number of nitrogens with zero attached hydrogens (tertiary/aromatic N) is 4. The lowest BCUT2D eigenvalue weighted by Crippen LogP contribution is -2.48. The Kier molecular flexibility index (Phi) is 6.73. The molecule has 1 aromatic carbocycles. The van der Waals surface area contributed by atoms with Gasteiger partial charge in [0, 0.05) is 58.1 Å². The molecule has 0 bridgehead atoms. The smallest absolute Gasteiger partial charge is 0.224 e. The first kappa shape index (κ1) is 18.1. The third-order valence-electron chi connectivity index (χ3n) is 4.39. The fraction of sp³-hybridized carbons (Fsp3) is 0.350. The van der Waals surface area contributed by atoms with Gasteiger partial charge in [-0.25, -0.2) is 9.97 Å². The first-order valence-electron chi connectivity index (χ1n) is 9.04. The van der Waals surface area contributed by atoms with Crippen LogP contribution in [0.25, 0.3) is 6.08 Å². The summed E-state index contributed by atoms with van der Waals surface area (Å²) in [5, 5.41) is 3.08. The van der Waals surface area contributed by atoms with Gasteiger partial charge in [0.1, 0.15) is 0 Å². The molecule has 2 heterocycles. The summed E-state index contributed by atoms with van der Waals surface area (Å²) in [5.74, 6) is 0.753. The van der Waals surface area contributed by atoms with E-state index in [0.29, 0.717) is 18.9 Å². The number of aromatic nitrogens is 2. The molecule has 6 nitrogen and oxygen atoms in total. The number of nitrogens with one attached hydrogen (secondary N) is 1. The summed E-state index contributed by atoms with van der Waals surface area (Å²) in [7, 11) is 0. The fourth-order valence-electron chi connectivity index (χ4n) is 2.91. The van der Waals surface area contributed by atoms with E-state index < -0.39 is 0 Å². The van der Waals surface area contributed by atoms with Crippen molar-refractivity contribution in [3.05, 3.63) is 60.4 Å². The number of amides is 1. The van der Waals surface area contributed by atoms with E-state index in [2.05, 4.69) is 44.5 Å². The van der Waals surface area contributed by atoms with Crippen LogP contribution in [0.4, 0.5) is 5.95 Å². The Morgan fingerprint density at radius 2 is 1.77 bits per heavy atom. The molecule has 0 unspecified atom stereocenters. The maximum atomic E-state index is 12.3. The maximum Gasteiger partial charge on any atom is 0.224 e. The van der Waals surface area contributed by atoms with Crippen molar-refractivity contribution in [2.45, 2.75) is 6.42 Å². The number of rotatable bonds is 7. The van der Waals surface area contributed by atoms with Crippen LogP contribution in [0.2, 0.25) is 0 Å². The second kappa shape index (κ2) is 9.68. The largest absolute Gasteiger partial charge is 0.354 e. The molecule has 26 heavy (non-hydrogen) atoms. The summed E-state index contributed by atoms with van der Waals surface area (Å²) in [5.41, 5.74) is 1.22. The van der Waals surface area contributed by atoms with Crippen LogP contribution in [0.15, 0.2) is 54.9 Å². The van der Waals surface area contributed by atoms with E-state index >= 15 is 0 Å². The minimum atomic E-state index is 0.188. The van der Waals surface area contributed by atoms with Gasteiger partial charge in [-0.15, -0.1) is 0 Å². The highest BCUT2D eigenvalue weighted by atomic mass is 16.2. The van der Waals surface area contributed by atoms with Crippen molar-refractivity contribution < 1.29 is 4.79 Å². The van der Waals surface area contributed by atoms with Crippen molar-refractivity contribution in [3.8, 4) is 0 Å². The van der Waals surface area contributed by atoms with Crippen molar-refractivity contribution >= 4 is 17.9 Å². The molecule has 136 valence electrons. The number of benzene rings is 1. The third kappa shape index (κ3) is 5.67. The van der Waals surface area contributed by atoms with Crippen LogP contribution < -0.4 is 5.32 Å². The number of carbonyl (C=O) groups is 1. The molecule has 2 aromatic rings. The van der Waals surface area contributed by atoms with Crippen molar-refractivity contribution in [3.63, 3.8) is 0 Å². The van der Waals surface area contributed by atoms with Crippen LogP contribution in [-0.4, -0.2) is 64.9 Å². The van der Waals surface area contributed by atoms with E-state index in [1.165, 1.54) is 5.56 Å². The van der Waals surface area contributed by atoms with Crippen LogP contribution in [-0.2, 0) is 4.79 Å². The zero-order chi connectivity index (χ0) is 18.0. The number of carbonyl (C=O) groups excluding carboxylic acids is 1. The topological polar surface area (TPSA) is 61.4 Å². The molecule has 6 heteroatoms. The molecule has 1 aliphatic rings. The van der Waals surface area contributed by atoms with Gasteiger partial charge >= 0.3 is 0 Å². The second-order valence-electron chi connectivity index (χ2n) is 6.24. The van der Waals surface area contributed by atoms with E-state index in [0.717, 1.165) is 32.7 Å². The number of hydrogen-bond acceptors (Lipinski definition) is 5. The predicted molar refractivity (Wildman–Crippen MR) is 104 cm³/mol. The average molecular weight is 351 g/mol. The highest BCUT2D eigenvalue weighted by Crippen LogP contribution is 2.06. The maximum absolute atomic E-state index is 12.3. The Balaban J connectivity index is 1.34. The standard InChI is InChI=1S/C20H25N5O/c26-19(9-12-23-20-21-10-5-11-22-20)25-16-14-24(15-17-25)13-4-8-18-6-2-1-3-7-18/h1-8,10-11H,9,12-17H2,(H,21,22,23). The molecule has 1 N–H and O–H groups in total. The normalized spacial score (nSPS) is 15.3. The quantitative estimate of drug-likeness (QED) is 0.828. The van der Waals surface area contributed by atoms with Gasteiger partial charge in [-0.3, -0.25) is 9.69 Å². The van der Waals surface area contributed by atoms with E-state index in [9.17, 15) is 4.79 Å². The van der Waals surface area contributed by atoms with Crippen molar-refractivity contribution in [2.24, 2.45) is 0 Å². The van der Waals surface area contributed by atoms with Gasteiger partial charge in [-0.05, 0) is 11.6 Å². The zero-order valence-corrected chi connectivity index (χ0v) is 14.9. The monoisotopic (exact) mass is 351 g/mol. The predicted octanol–water partition coefficient (Wildman–Crippen LogP) is 2.14. The fourth-order valence-corrected chi connectivity index (χ4v) is 2.91. The van der Waals surface area contributed by atoms with Crippen molar-refractivity contribution in [2.75, 3.05) is 44.6 Å². The van der Waals surface area contributed by atoms with Gasteiger partial charge in [-0.2, -0.15) is 0 Å². The molecule has 1 aliphatic heterocycles. The molecule has 3 rings (SSSR count). The lowest BCUT2D eigenvalue weighted by molar-refractivity contribution is -0.132. The Labute approximate surface area is 154 Å². The summed E-state index contributed by atoms with van der Waals surface area (Å²) >= 11 is 0. The summed E-state index contributed by atoms with van der Waals surface area (Å²) in [6.07, 6.45) is 8.17. The van der Waals surface area contributed by atoms with Gasteiger partial charge in [0.2, 0.25) is 11.9 Å². The Hall–Kier alpha value is -2.73. The number of anilines is 1. The van der Waals surface area contributed by atoms with E-state index in [1.54, 1.807) is 18.5 Å². The SMILES string of the molecule is O=C(CCNc1ncccn1)N1CCN(CC=Cc2ccccc2)CC1. The van der Waals surface area contributed by atoms with Crippen LogP contribution in [0.3, 0.4) is 0 Å². The molecule has 0 radical (unpaired) electrons. The Morgan fingerprint density at radius 3 is 2.50 bits per heavy atom. The molecule has 0 aliphatic carbocycles. The molecule has 0 atom stereocenters. The lowest BCUT2D eigenvalue weighted by atomic mass is 10.2. The van der Waals surface area contributed by atoms with Gasteiger partial charge < -0.3 is 10.2 Å². The highest BCUT2D eigenvalue weighted by Gasteiger charge is 2.19.